The maximum Gasteiger partial charge on any atom is 0.472 e. The first-order valence-electron chi connectivity index (χ1n) is 21.1. The molecule has 12 nitrogen and oxygen atoms in total. The summed E-state index contributed by atoms with van der Waals surface area (Å²) < 4.78 is 33.9. The van der Waals surface area contributed by atoms with Crippen LogP contribution in [0.3, 0.4) is 0 Å². The Morgan fingerprint density at radius 1 is 0.552 bits per heavy atom. The lowest BCUT2D eigenvalue weighted by molar-refractivity contribution is -0.220. The number of carbonyl (C=O) groups is 1. The SMILES string of the molecule is CC/C=C\C/C=C\C/C=C\C/C=C\C/C=C\CC(=O)OC(COCCCCCCCC/C=C\C/C=C\C/C=C\CC)COP(=O)(O)OC1C(O)C(O)C(O)C(O)C1O. The smallest absolute Gasteiger partial charge is 0.457 e. The van der Waals surface area contributed by atoms with Crippen LogP contribution >= 0.6 is 7.82 Å². The fourth-order valence-corrected chi connectivity index (χ4v) is 6.65. The lowest BCUT2D eigenvalue weighted by Crippen LogP contribution is -2.64. The maximum absolute atomic E-state index is 12.8. The van der Waals surface area contributed by atoms with Crippen LogP contribution < -0.4 is 0 Å². The van der Waals surface area contributed by atoms with Gasteiger partial charge in [0.1, 0.15) is 42.7 Å². The van der Waals surface area contributed by atoms with Gasteiger partial charge < -0.3 is 39.9 Å². The zero-order valence-corrected chi connectivity index (χ0v) is 35.7. The summed E-state index contributed by atoms with van der Waals surface area (Å²) in [5.74, 6) is -0.614. The van der Waals surface area contributed by atoms with Gasteiger partial charge in [0.05, 0.1) is 19.6 Å². The van der Waals surface area contributed by atoms with Crippen LogP contribution in [0.15, 0.2) is 97.2 Å². The van der Waals surface area contributed by atoms with Crippen molar-refractivity contribution >= 4 is 13.8 Å². The molecular formula is C45H73O12P. The van der Waals surface area contributed by atoms with E-state index in [1.807, 2.05) is 18.2 Å². The largest absolute Gasteiger partial charge is 0.472 e. The Morgan fingerprint density at radius 2 is 0.966 bits per heavy atom. The number of hydrogen-bond acceptors (Lipinski definition) is 11. The molecule has 0 aliphatic heterocycles. The molecule has 0 aromatic heterocycles. The number of phosphoric ester groups is 1. The molecule has 0 aromatic rings. The van der Waals surface area contributed by atoms with E-state index in [-0.39, 0.29) is 13.0 Å². The zero-order valence-electron chi connectivity index (χ0n) is 34.8. The van der Waals surface area contributed by atoms with Crippen molar-refractivity contribution in [2.24, 2.45) is 0 Å². The number of hydrogen-bond donors (Lipinski definition) is 6. The minimum atomic E-state index is -5.05. The Labute approximate surface area is 347 Å². The molecule has 0 saturated heterocycles. The monoisotopic (exact) mass is 836 g/mol. The predicted molar refractivity (Wildman–Crippen MR) is 230 cm³/mol. The minimum absolute atomic E-state index is 0.0559. The highest BCUT2D eigenvalue weighted by molar-refractivity contribution is 7.47. The van der Waals surface area contributed by atoms with E-state index in [0.717, 1.165) is 89.9 Å². The van der Waals surface area contributed by atoms with Crippen molar-refractivity contribution in [3.63, 3.8) is 0 Å². The van der Waals surface area contributed by atoms with Crippen LogP contribution in [0.25, 0.3) is 0 Å². The molecule has 0 heterocycles. The molecule has 58 heavy (non-hydrogen) atoms. The standard InChI is InChI=1S/C45H73O12P/c1-3-5-7-9-11-13-15-17-19-21-23-25-27-29-31-33-35-54-36-38(37-55-58(52,53)57-45-43(50)41(48)40(47)42(49)44(45)51)56-39(46)34-32-30-28-26-24-22-20-18-16-14-12-10-8-6-4-2/h5-8,11-14,17-20,24,26,30,32,38,40-45,47-51H,3-4,9-10,15-16,21-23,25,27-29,31,33-37H2,1-2H3,(H,52,53)/b7-5-,8-6-,13-11-,14-12-,19-17-,20-18-,26-24-,32-30-. The first kappa shape index (κ1) is 53.3. The van der Waals surface area contributed by atoms with Gasteiger partial charge in [0.2, 0.25) is 0 Å². The zero-order chi connectivity index (χ0) is 42.7. The Balaban J connectivity index is 2.52. The van der Waals surface area contributed by atoms with Crippen molar-refractivity contribution in [1.29, 1.82) is 0 Å². The molecule has 0 spiro atoms. The second-order valence-corrected chi connectivity index (χ2v) is 15.5. The third kappa shape index (κ3) is 27.1. The molecule has 1 fully saturated rings. The summed E-state index contributed by atoms with van der Waals surface area (Å²) in [7, 11) is -5.05. The maximum atomic E-state index is 12.8. The number of esters is 1. The number of rotatable bonds is 33. The van der Waals surface area contributed by atoms with Crippen LogP contribution in [0.4, 0.5) is 0 Å². The molecular weight excluding hydrogens is 763 g/mol. The van der Waals surface area contributed by atoms with Gasteiger partial charge >= 0.3 is 13.8 Å². The fourth-order valence-electron chi connectivity index (χ4n) is 5.68. The predicted octanol–water partition coefficient (Wildman–Crippen LogP) is 7.97. The van der Waals surface area contributed by atoms with E-state index < -0.39 is 63.1 Å². The Hall–Kier alpha value is -2.74. The van der Waals surface area contributed by atoms with E-state index in [9.17, 15) is 39.8 Å². The van der Waals surface area contributed by atoms with E-state index in [1.54, 1.807) is 6.08 Å². The van der Waals surface area contributed by atoms with E-state index in [4.69, 9.17) is 18.5 Å². The van der Waals surface area contributed by atoms with Crippen LogP contribution in [0.1, 0.15) is 117 Å². The summed E-state index contributed by atoms with van der Waals surface area (Å²) in [6.07, 6.45) is 35.1. The lowest BCUT2D eigenvalue weighted by Gasteiger charge is -2.41. The number of ether oxygens (including phenoxy) is 2. The van der Waals surface area contributed by atoms with Crippen molar-refractivity contribution in [3.05, 3.63) is 97.2 Å². The van der Waals surface area contributed by atoms with E-state index in [1.165, 1.54) is 0 Å². The average molecular weight is 837 g/mol. The molecule has 13 heteroatoms. The Morgan fingerprint density at radius 3 is 1.47 bits per heavy atom. The van der Waals surface area contributed by atoms with Gasteiger partial charge in [-0.2, -0.15) is 0 Å². The highest BCUT2D eigenvalue weighted by Gasteiger charge is 2.51. The second-order valence-electron chi connectivity index (χ2n) is 14.1. The number of aliphatic hydroxyl groups is 5. The van der Waals surface area contributed by atoms with Gasteiger partial charge in [0, 0.05) is 6.61 Å². The van der Waals surface area contributed by atoms with Crippen LogP contribution in [-0.2, 0) is 27.9 Å². The van der Waals surface area contributed by atoms with Crippen molar-refractivity contribution in [2.45, 2.75) is 159 Å². The summed E-state index contributed by atoms with van der Waals surface area (Å²) in [5.41, 5.74) is 0. The number of allylic oxidation sites excluding steroid dienone is 15. The molecule has 6 unspecified atom stereocenters. The third-order valence-electron chi connectivity index (χ3n) is 8.98. The van der Waals surface area contributed by atoms with Gasteiger partial charge in [-0.3, -0.25) is 13.8 Å². The summed E-state index contributed by atoms with van der Waals surface area (Å²) >= 11 is 0. The van der Waals surface area contributed by atoms with E-state index in [2.05, 4.69) is 86.8 Å². The summed E-state index contributed by atoms with van der Waals surface area (Å²) in [6.45, 7) is 3.86. The van der Waals surface area contributed by atoms with Gasteiger partial charge in [-0.25, -0.2) is 4.57 Å². The van der Waals surface area contributed by atoms with Gasteiger partial charge in [-0.1, -0.05) is 137 Å². The number of aliphatic hydroxyl groups excluding tert-OH is 5. The van der Waals surface area contributed by atoms with E-state index in [0.29, 0.717) is 13.0 Å². The third-order valence-corrected chi connectivity index (χ3v) is 9.97. The lowest BCUT2D eigenvalue weighted by atomic mass is 9.85. The normalized spacial score (nSPS) is 23.7. The Bertz CT molecular complexity index is 1320. The highest BCUT2D eigenvalue weighted by atomic mass is 31.2. The van der Waals surface area contributed by atoms with Crippen molar-refractivity contribution in [2.75, 3.05) is 19.8 Å². The molecule has 0 amide bonds. The quantitative estimate of drug-likeness (QED) is 0.0162. The molecule has 6 N–H and O–H groups in total. The number of phosphoric acid groups is 1. The fraction of sp³-hybridized carbons (Fsp3) is 0.622. The van der Waals surface area contributed by atoms with Crippen LogP contribution in [0.5, 0.6) is 0 Å². The minimum Gasteiger partial charge on any atom is -0.457 e. The molecule has 0 radical (unpaired) electrons. The molecule has 6 atom stereocenters. The molecule has 1 saturated carbocycles. The first-order chi connectivity index (χ1) is 28.0. The van der Waals surface area contributed by atoms with Crippen molar-refractivity contribution < 1.29 is 58.3 Å². The van der Waals surface area contributed by atoms with Crippen LogP contribution in [0.2, 0.25) is 0 Å². The average Bonchev–Trinajstić information content (AvgIpc) is 3.21. The topological polar surface area (TPSA) is 192 Å². The second kappa shape index (κ2) is 35.1. The summed E-state index contributed by atoms with van der Waals surface area (Å²) in [5, 5.41) is 50.1. The molecule has 0 aromatic carbocycles. The molecule has 1 aliphatic carbocycles. The molecule has 0 bridgehead atoms. The van der Waals surface area contributed by atoms with E-state index >= 15 is 0 Å². The van der Waals surface area contributed by atoms with Gasteiger partial charge in [0.25, 0.3) is 0 Å². The first-order valence-corrected chi connectivity index (χ1v) is 22.6. The molecule has 1 rings (SSSR count). The summed E-state index contributed by atoms with van der Waals surface area (Å²) in [4.78, 5) is 23.0. The Kier molecular flexibility index (Phi) is 32.2. The van der Waals surface area contributed by atoms with Crippen molar-refractivity contribution in [1.82, 2.24) is 0 Å². The number of carbonyl (C=O) groups excluding carboxylic acids is 1. The number of unbranched alkanes of at least 4 members (excludes halogenated alkanes) is 6. The molecule has 1 aliphatic rings. The highest BCUT2D eigenvalue weighted by Crippen LogP contribution is 2.47. The van der Waals surface area contributed by atoms with Crippen LogP contribution in [0, 0.1) is 0 Å². The van der Waals surface area contributed by atoms with Crippen LogP contribution in [-0.4, -0.2) is 98.9 Å². The molecule has 330 valence electrons. The van der Waals surface area contributed by atoms with Gasteiger partial charge in [0.15, 0.2) is 0 Å². The van der Waals surface area contributed by atoms with Gasteiger partial charge in [-0.05, 0) is 70.6 Å². The van der Waals surface area contributed by atoms with Gasteiger partial charge in [-0.15, -0.1) is 0 Å². The van der Waals surface area contributed by atoms with Crippen molar-refractivity contribution in [3.8, 4) is 0 Å². The summed E-state index contributed by atoms with van der Waals surface area (Å²) in [6, 6.07) is 0.